The van der Waals surface area contributed by atoms with Crippen LogP contribution in [0.25, 0.3) is 0 Å². The number of carboxylic acid groups (broad SMARTS) is 1. The zero-order chi connectivity index (χ0) is 17.9. The molecule has 134 valence electrons. The van der Waals surface area contributed by atoms with Crippen LogP contribution >= 0.6 is 0 Å². The minimum atomic E-state index is -0.887. The summed E-state index contributed by atoms with van der Waals surface area (Å²) in [6.07, 6.45) is 1.15. The van der Waals surface area contributed by atoms with Crippen LogP contribution < -0.4 is 10.6 Å². The molecule has 1 rings (SSSR count). The van der Waals surface area contributed by atoms with Gasteiger partial charge in [0.25, 0.3) is 0 Å². The van der Waals surface area contributed by atoms with Crippen LogP contribution in [0.1, 0.15) is 38.7 Å². The maximum Gasteiger partial charge on any atom is 0.315 e. The Kier molecular flexibility index (Phi) is 8.86. The summed E-state index contributed by atoms with van der Waals surface area (Å²) in [4.78, 5) is 22.8. The second-order valence-corrected chi connectivity index (χ2v) is 6.13. The van der Waals surface area contributed by atoms with E-state index in [2.05, 4.69) is 10.6 Å². The Labute approximate surface area is 143 Å². The summed E-state index contributed by atoms with van der Waals surface area (Å²) in [6, 6.07) is 8.96. The number of hydrogen-bond acceptors (Lipinski definition) is 3. The summed E-state index contributed by atoms with van der Waals surface area (Å²) in [5, 5.41) is 24.2. The maximum atomic E-state index is 12.0. The molecule has 0 bridgehead atoms. The Morgan fingerprint density at radius 1 is 1.21 bits per heavy atom. The van der Waals surface area contributed by atoms with Crippen molar-refractivity contribution in [3.05, 3.63) is 35.9 Å². The second-order valence-electron chi connectivity index (χ2n) is 6.13. The number of carboxylic acids is 1. The summed E-state index contributed by atoms with van der Waals surface area (Å²) in [6.45, 7) is 4.09. The molecule has 0 aliphatic carbocycles. The maximum absolute atomic E-state index is 12.0. The van der Waals surface area contributed by atoms with Crippen molar-refractivity contribution in [2.45, 2.75) is 51.7 Å². The summed E-state index contributed by atoms with van der Waals surface area (Å²) in [5.41, 5.74) is 1.04. The fourth-order valence-electron chi connectivity index (χ4n) is 2.33. The van der Waals surface area contributed by atoms with E-state index in [1.54, 1.807) is 0 Å². The van der Waals surface area contributed by atoms with Gasteiger partial charge < -0.3 is 20.8 Å². The molecule has 3 atom stereocenters. The van der Waals surface area contributed by atoms with Gasteiger partial charge in [0.1, 0.15) is 0 Å². The van der Waals surface area contributed by atoms with E-state index in [1.165, 1.54) is 0 Å². The van der Waals surface area contributed by atoms with Crippen LogP contribution in [-0.4, -0.2) is 40.9 Å². The van der Waals surface area contributed by atoms with Crippen molar-refractivity contribution < 1.29 is 19.8 Å². The normalized spacial score (nSPS) is 14.5. The first-order valence-corrected chi connectivity index (χ1v) is 8.40. The highest BCUT2D eigenvalue weighted by Crippen LogP contribution is 2.08. The molecular weight excluding hydrogens is 308 g/mol. The van der Waals surface area contributed by atoms with Crippen LogP contribution in [0, 0.1) is 5.92 Å². The van der Waals surface area contributed by atoms with Crippen LogP contribution in [0.3, 0.4) is 0 Å². The highest BCUT2D eigenvalue weighted by Gasteiger charge is 2.17. The number of aliphatic hydroxyl groups is 1. The SMILES string of the molecule is CCC(C)C(O)CNC(=O)NC(CCC(=O)O)Cc1ccccc1. The Bertz CT molecular complexity index is 507. The van der Waals surface area contributed by atoms with Crippen molar-refractivity contribution in [1.29, 1.82) is 0 Å². The molecule has 0 saturated heterocycles. The number of urea groups is 1. The lowest BCUT2D eigenvalue weighted by Gasteiger charge is -2.21. The smallest absolute Gasteiger partial charge is 0.315 e. The summed E-state index contributed by atoms with van der Waals surface area (Å²) < 4.78 is 0. The molecule has 0 fully saturated rings. The molecule has 0 spiro atoms. The van der Waals surface area contributed by atoms with Crippen molar-refractivity contribution >= 4 is 12.0 Å². The van der Waals surface area contributed by atoms with Crippen molar-refractivity contribution in [2.75, 3.05) is 6.54 Å². The quantitative estimate of drug-likeness (QED) is 0.526. The molecule has 0 aliphatic rings. The number of aliphatic hydroxyl groups excluding tert-OH is 1. The molecule has 0 radical (unpaired) electrons. The lowest BCUT2D eigenvalue weighted by Crippen LogP contribution is -2.46. The molecule has 2 amide bonds. The van der Waals surface area contributed by atoms with Crippen LogP contribution in [0.15, 0.2) is 30.3 Å². The number of benzene rings is 1. The molecule has 4 N–H and O–H groups in total. The molecule has 24 heavy (non-hydrogen) atoms. The van der Waals surface area contributed by atoms with Crippen molar-refractivity contribution in [2.24, 2.45) is 5.92 Å². The number of carbonyl (C=O) groups excluding carboxylic acids is 1. The second kappa shape index (κ2) is 10.6. The zero-order valence-electron chi connectivity index (χ0n) is 14.4. The van der Waals surface area contributed by atoms with Crippen molar-refractivity contribution in [3.8, 4) is 0 Å². The van der Waals surface area contributed by atoms with E-state index in [9.17, 15) is 14.7 Å². The molecule has 1 aromatic carbocycles. The lowest BCUT2D eigenvalue weighted by atomic mass is 10.0. The van der Waals surface area contributed by atoms with Gasteiger partial charge in [-0.05, 0) is 24.3 Å². The third-order valence-electron chi connectivity index (χ3n) is 4.14. The highest BCUT2D eigenvalue weighted by molar-refractivity contribution is 5.74. The third kappa shape index (κ3) is 7.97. The number of carbonyl (C=O) groups is 2. The first kappa shape index (κ1) is 20.0. The first-order chi connectivity index (χ1) is 11.4. The minimum absolute atomic E-state index is 0.00667. The predicted molar refractivity (Wildman–Crippen MR) is 92.8 cm³/mol. The van der Waals surface area contributed by atoms with Crippen LogP contribution in [0.2, 0.25) is 0 Å². The van der Waals surface area contributed by atoms with Gasteiger partial charge in [0.2, 0.25) is 0 Å². The summed E-state index contributed by atoms with van der Waals surface area (Å²) >= 11 is 0. The van der Waals surface area contributed by atoms with E-state index in [0.29, 0.717) is 12.8 Å². The largest absolute Gasteiger partial charge is 0.481 e. The molecule has 6 nitrogen and oxygen atoms in total. The predicted octanol–water partition coefficient (Wildman–Crippen LogP) is 2.17. The molecule has 3 unspecified atom stereocenters. The number of amides is 2. The number of nitrogens with one attached hydrogen (secondary N) is 2. The summed E-state index contributed by atoms with van der Waals surface area (Å²) in [5.74, 6) is -0.778. The van der Waals surface area contributed by atoms with Crippen LogP contribution in [-0.2, 0) is 11.2 Å². The van der Waals surface area contributed by atoms with Crippen LogP contribution in [0.5, 0.6) is 0 Å². The summed E-state index contributed by atoms with van der Waals surface area (Å²) in [7, 11) is 0. The standard InChI is InChI=1S/C18H28N2O4/c1-3-13(2)16(21)12-19-18(24)20-15(9-10-17(22)23)11-14-7-5-4-6-8-14/h4-8,13,15-16,21H,3,9-12H2,1-2H3,(H,22,23)(H2,19,20,24). The molecule has 0 aliphatic heterocycles. The van der Waals surface area contributed by atoms with E-state index in [1.807, 2.05) is 44.2 Å². The van der Waals surface area contributed by atoms with E-state index >= 15 is 0 Å². The monoisotopic (exact) mass is 336 g/mol. The third-order valence-corrected chi connectivity index (χ3v) is 4.14. The Hall–Kier alpha value is -2.08. The lowest BCUT2D eigenvalue weighted by molar-refractivity contribution is -0.137. The van der Waals surface area contributed by atoms with Gasteiger partial charge >= 0.3 is 12.0 Å². The van der Waals surface area contributed by atoms with Gasteiger partial charge in [0.05, 0.1) is 6.10 Å². The minimum Gasteiger partial charge on any atom is -0.481 e. The van der Waals surface area contributed by atoms with E-state index in [0.717, 1.165) is 12.0 Å². The Balaban J connectivity index is 2.53. The van der Waals surface area contributed by atoms with Gasteiger partial charge in [-0.25, -0.2) is 4.79 Å². The molecule has 6 heteroatoms. The van der Waals surface area contributed by atoms with Crippen molar-refractivity contribution in [1.82, 2.24) is 10.6 Å². The first-order valence-electron chi connectivity index (χ1n) is 8.40. The molecule has 1 aromatic rings. The average molecular weight is 336 g/mol. The van der Waals surface area contributed by atoms with Crippen LogP contribution in [0.4, 0.5) is 4.79 Å². The van der Waals surface area contributed by atoms with Gasteiger partial charge in [0.15, 0.2) is 0 Å². The van der Waals surface area contributed by atoms with E-state index in [4.69, 9.17) is 5.11 Å². The van der Waals surface area contributed by atoms with Gasteiger partial charge in [-0.3, -0.25) is 4.79 Å². The Morgan fingerprint density at radius 2 is 1.88 bits per heavy atom. The van der Waals surface area contributed by atoms with E-state index in [-0.39, 0.29) is 31.0 Å². The molecule has 0 saturated carbocycles. The van der Waals surface area contributed by atoms with Gasteiger partial charge in [-0.15, -0.1) is 0 Å². The fraction of sp³-hybridized carbons (Fsp3) is 0.556. The molecule has 0 heterocycles. The topological polar surface area (TPSA) is 98.7 Å². The van der Waals surface area contributed by atoms with E-state index < -0.39 is 12.1 Å². The average Bonchev–Trinajstić information content (AvgIpc) is 2.57. The fourth-order valence-corrected chi connectivity index (χ4v) is 2.33. The van der Waals surface area contributed by atoms with Gasteiger partial charge in [-0.2, -0.15) is 0 Å². The number of hydrogen-bond donors (Lipinski definition) is 4. The van der Waals surface area contributed by atoms with Gasteiger partial charge in [0, 0.05) is 19.0 Å². The van der Waals surface area contributed by atoms with Crippen molar-refractivity contribution in [3.63, 3.8) is 0 Å². The van der Waals surface area contributed by atoms with Gasteiger partial charge in [-0.1, -0.05) is 50.6 Å². The number of rotatable bonds is 10. The number of aliphatic carboxylic acids is 1. The highest BCUT2D eigenvalue weighted by atomic mass is 16.4. The Morgan fingerprint density at radius 3 is 2.46 bits per heavy atom. The zero-order valence-corrected chi connectivity index (χ0v) is 14.4. The molecule has 0 aromatic heterocycles. The molecular formula is C18H28N2O4.